The number of hydrogen-bond donors (Lipinski definition) is 2. The minimum atomic E-state index is -0.316. The van der Waals surface area contributed by atoms with E-state index in [1.54, 1.807) is 18.2 Å². The minimum absolute atomic E-state index is 0.316. The summed E-state index contributed by atoms with van der Waals surface area (Å²) in [6.07, 6.45) is 1.75. The standard InChI is InChI=1S/C19H17FN4/c1-2-11-21-18-13-17(14-7-4-3-5-8-14)23-19(24-18)22-16-10-6-9-15(20)12-16/h2-10,12-13H,1,11H2,(H2,21,22,23,24). The Morgan fingerprint density at radius 2 is 1.83 bits per heavy atom. The molecule has 4 nitrogen and oxygen atoms in total. The molecule has 0 atom stereocenters. The van der Waals surface area contributed by atoms with Crippen LogP contribution in [0.5, 0.6) is 0 Å². The quantitative estimate of drug-likeness (QED) is 0.650. The zero-order valence-corrected chi connectivity index (χ0v) is 13.0. The Labute approximate surface area is 140 Å². The number of aromatic nitrogens is 2. The van der Waals surface area contributed by atoms with Crippen LogP contribution in [0.4, 0.5) is 21.8 Å². The van der Waals surface area contributed by atoms with Crippen molar-refractivity contribution in [2.24, 2.45) is 0 Å². The molecule has 3 rings (SSSR count). The summed E-state index contributed by atoms with van der Waals surface area (Å²) < 4.78 is 13.4. The Morgan fingerprint density at radius 1 is 1.00 bits per heavy atom. The van der Waals surface area contributed by atoms with Crippen molar-refractivity contribution in [3.63, 3.8) is 0 Å². The second kappa shape index (κ2) is 7.37. The zero-order valence-electron chi connectivity index (χ0n) is 13.0. The van der Waals surface area contributed by atoms with Gasteiger partial charge in [0.2, 0.25) is 5.95 Å². The maximum atomic E-state index is 13.4. The summed E-state index contributed by atoms with van der Waals surface area (Å²) in [5, 5.41) is 6.20. The molecule has 1 aromatic heterocycles. The van der Waals surface area contributed by atoms with Crippen LogP contribution in [0, 0.1) is 5.82 Å². The van der Waals surface area contributed by atoms with Crippen LogP contribution in [0.2, 0.25) is 0 Å². The Hall–Kier alpha value is -3.21. The highest BCUT2D eigenvalue weighted by atomic mass is 19.1. The molecule has 0 unspecified atom stereocenters. The maximum Gasteiger partial charge on any atom is 0.229 e. The van der Waals surface area contributed by atoms with Crippen molar-refractivity contribution in [3.8, 4) is 11.3 Å². The van der Waals surface area contributed by atoms with Gasteiger partial charge in [0.15, 0.2) is 0 Å². The van der Waals surface area contributed by atoms with E-state index in [1.165, 1.54) is 12.1 Å². The van der Waals surface area contributed by atoms with Gasteiger partial charge in [-0.3, -0.25) is 0 Å². The van der Waals surface area contributed by atoms with Gasteiger partial charge < -0.3 is 10.6 Å². The number of nitrogens with one attached hydrogen (secondary N) is 2. The lowest BCUT2D eigenvalue weighted by Crippen LogP contribution is -2.05. The van der Waals surface area contributed by atoms with Crippen LogP contribution in [0.3, 0.4) is 0 Å². The zero-order chi connectivity index (χ0) is 16.8. The van der Waals surface area contributed by atoms with Gasteiger partial charge in [-0.05, 0) is 18.2 Å². The first kappa shape index (κ1) is 15.7. The predicted molar refractivity (Wildman–Crippen MR) is 95.8 cm³/mol. The van der Waals surface area contributed by atoms with Gasteiger partial charge in [-0.15, -0.1) is 6.58 Å². The summed E-state index contributed by atoms with van der Waals surface area (Å²) in [5.41, 5.74) is 2.34. The summed E-state index contributed by atoms with van der Waals surface area (Å²) in [6, 6.07) is 17.9. The van der Waals surface area contributed by atoms with Gasteiger partial charge in [-0.1, -0.05) is 42.5 Å². The molecule has 0 bridgehead atoms. The molecule has 0 aliphatic carbocycles. The highest BCUT2D eigenvalue weighted by molar-refractivity contribution is 5.66. The number of anilines is 3. The first-order valence-electron chi connectivity index (χ1n) is 7.56. The highest BCUT2D eigenvalue weighted by Crippen LogP contribution is 2.23. The second-order valence-corrected chi connectivity index (χ2v) is 5.13. The number of halogens is 1. The van der Waals surface area contributed by atoms with E-state index in [2.05, 4.69) is 27.2 Å². The molecule has 2 N–H and O–H groups in total. The maximum absolute atomic E-state index is 13.4. The average molecular weight is 320 g/mol. The average Bonchev–Trinajstić information content (AvgIpc) is 2.60. The van der Waals surface area contributed by atoms with Crippen LogP contribution >= 0.6 is 0 Å². The third-order valence-corrected chi connectivity index (χ3v) is 3.30. The summed E-state index contributed by atoms with van der Waals surface area (Å²) >= 11 is 0. The van der Waals surface area contributed by atoms with Crippen molar-refractivity contribution in [2.45, 2.75) is 0 Å². The summed E-state index contributed by atoms with van der Waals surface area (Å²) in [6.45, 7) is 4.28. The fraction of sp³-hybridized carbons (Fsp3) is 0.0526. The summed E-state index contributed by atoms with van der Waals surface area (Å²) in [7, 11) is 0. The van der Waals surface area contributed by atoms with Crippen LogP contribution in [0.1, 0.15) is 0 Å². The lowest BCUT2D eigenvalue weighted by Gasteiger charge is -2.11. The molecule has 0 aliphatic rings. The largest absolute Gasteiger partial charge is 0.366 e. The number of hydrogen-bond acceptors (Lipinski definition) is 4. The van der Waals surface area contributed by atoms with Crippen molar-refractivity contribution >= 4 is 17.5 Å². The van der Waals surface area contributed by atoms with E-state index in [0.29, 0.717) is 24.0 Å². The fourth-order valence-corrected chi connectivity index (χ4v) is 2.22. The Balaban J connectivity index is 1.96. The molecule has 5 heteroatoms. The molecule has 1 heterocycles. The van der Waals surface area contributed by atoms with Gasteiger partial charge in [0.25, 0.3) is 0 Å². The third kappa shape index (κ3) is 3.95. The smallest absolute Gasteiger partial charge is 0.229 e. The second-order valence-electron chi connectivity index (χ2n) is 5.13. The van der Waals surface area contributed by atoms with Crippen LogP contribution in [0.15, 0.2) is 73.3 Å². The number of nitrogens with zero attached hydrogens (tertiary/aromatic N) is 2. The molecule has 0 aliphatic heterocycles. The van der Waals surface area contributed by atoms with E-state index in [-0.39, 0.29) is 5.82 Å². The topological polar surface area (TPSA) is 49.8 Å². The van der Waals surface area contributed by atoms with Gasteiger partial charge in [-0.25, -0.2) is 9.37 Å². The summed E-state index contributed by atoms with van der Waals surface area (Å²) in [5.74, 6) is 0.750. The van der Waals surface area contributed by atoms with Crippen molar-refractivity contribution in [3.05, 3.63) is 79.1 Å². The molecule has 0 amide bonds. The van der Waals surface area contributed by atoms with Gasteiger partial charge in [0.05, 0.1) is 5.69 Å². The van der Waals surface area contributed by atoms with Crippen molar-refractivity contribution in [1.82, 2.24) is 9.97 Å². The summed E-state index contributed by atoms with van der Waals surface area (Å²) in [4.78, 5) is 8.94. The van der Waals surface area contributed by atoms with Gasteiger partial charge in [0.1, 0.15) is 11.6 Å². The molecule has 0 radical (unpaired) electrons. The van der Waals surface area contributed by atoms with Gasteiger partial charge in [-0.2, -0.15) is 4.98 Å². The molecule has 0 saturated carbocycles. The molecule has 0 fully saturated rings. The molecule has 24 heavy (non-hydrogen) atoms. The van der Waals surface area contributed by atoms with Crippen molar-refractivity contribution in [1.29, 1.82) is 0 Å². The van der Waals surface area contributed by atoms with Crippen LogP contribution in [-0.4, -0.2) is 16.5 Å². The molecular weight excluding hydrogens is 303 g/mol. The van der Waals surface area contributed by atoms with Gasteiger partial charge in [0, 0.05) is 23.9 Å². The van der Waals surface area contributed by atoms with Crippen molar-refractivity contribution < 1.29 is 4.39 Å². The van der Waals surface area contributed by atoms with Crippen LogP contribution in [0.25, 0.3) is 11.3 Å². The number of rotatable bonds is 6. The van der Waals surface area contributed by atoms with Crippen molar-refractivity contribution in [2.75, 3.05) is 17.2 Å². The molecule has 3 aromatic rings. The minimum Gasteiger partial charge on any atom is -0.366 e. The van der Waals surface area contributed by atoms with Crippen LogP contribution in [-0.2, 0) is 0 Å². The third-order valence-electron chi connectivity index (χ3n) is 3.30. The van der Waals surface area contributed by atoms with E-state index in [4.69, 9.17) is 0 Å². The Morgan fingerprint density at radius 3 is 2.58 bits per heavy atom. The van der Waals surface area contributed by atoms with E-state index in [0.717, 1.165) is 11.3 Å². The van der Waals surface area contributed by atoms with Gasteiger partial charge >= 0.3 is 0 Å². The predicted octanol–water partition coefficient (Wildman–Crippen LogP) is 4.62. The first-order chi connectivity index (χ1) is 11.7. The lowest BCUT2D eigenvalue weighted by atomic mass is 10.1. The molecule has 2 aromatic carbocycles. The fourth-order valence-electron chi connectivity index (χ4n) is 2.22. The molecule has 120 valence electrons. The SMILES string of the molecule is C=CCNc1cc(-c2ccccc2)nc(Nc2cccc(F)c2)n1. The Kier molecular flexibility index (Phi) is 4.81. The van der Waals surface area contributed by atoms with E-state index < -0.39 is 0 Å². The normalized spacial score (nSPS) is 10.2. The molecule has 0 saturated heterocycles. The van der Waals surface area contributed by atoms with E-state index in [9.17, 15) is 4.39 Å². The van der Waals surface area contributed by atoms with E-state index in [1.807, 2.05) is 36.4 Å². The van der Waals surface area contributed by atoms with Crippen LogP contribution < -0.4 is 10.6 Å². The highest BCUT2D eigenvalue weighted by Gasteiger charge is 2.07. The molecular formula is C19H17FN4. The first-order valence-corrected chi connectivity index (χ1v) is 7.56. The molecule has 0 spiro atoms. The Bertz CT molecular complexity index is 834. The monoisotopic (exact) mass is 320 g/mol. The lowest BCUT2D eigenvalue weighted by molar-refractivity contribution is 0.628. The van der Waals surface area contributed by atoms with E-state index >= 15 is 0 Å². The number of benzene rings is 2.